The van der Waals surface area contributed by atoms with Gasteiger partial charge in [-0.1, -0.05) is 52.3 Å². The van der Waals surface area contributed by atoms with E-state index in [1.807, 2.05) is 6.92 Å². The number of carboxylic acid groups (broad SMARTS) is 1. The van der Waals surface area contributed by atoms with Gasteiger partial charge in [-0.15, -0.1) is 0 Å². The van der Waals surface area contributed by atoms with E-state index >= 15 is 0 Å². The van der Waals surface area contributed by atoms with Crippen molar-refractivity contribution < 1.29 is 24.5 Å². The van der Waals surface area contributed by atoms with Crippen LogP contribution in [-0.2, 0) is 14.3 Å². The van der Waals surface area contributed by atoms with Crippen molar-refractivity contribution in [3.05, 3.63) is 23.8 Å². The Kier molecular flexibility index (Phi) is 11.1. The minimum Gasteiger partial charge on any atom is -0.481 e. The Balaban J connectivity index is 0.000000227. The van der Waals surface area contributed by atoms with Gasteiger partial charge in [0.2, 0.25) is 0 Å². The maximum Gasteiger partial charge on any atom is 0.308 e. The van der Waals surface area contributed by atoms with E-state index in [0.29, 0.717) is 13.0 Å². The molecule has 3 rings (SSSR count). The lowest BCUT2D eigenvalue weighted by molar-refractivity contribution is -0.151. The molecular weight excluding hydrogens is 356 g/mol. The number of esters is 1. The van der Waals surface area contributed by atoms with Crippen LogP contribution in [0.25, 0.3) is 0 Å². The van der Waals surface area contributed by atoms with Crippen molar-refractivity contribution in [1.29, 1.82) is 0 Å². The number of aliphatic carboxylic acids is 1. The number of aliphatic hydroxyl groups excluding tert-OH is 1. The standard InChI is InChI=1S/C13H20.C5H8O3.C5H10O2/c1-3-12-10(2)8-9-11-6-4-5-7-13(11)12;6-4-1-2-8-5(7)3-4;1-3-4(2)5(6)7/h6,8-10,12-13H,3-5,7H2,1-2H3;4,6H,1-3H2;4H,3H2,1-2H3,(H,6,7). The van der Waals surface area contributed by atoms with Crippen LogP contribution >= 0.6 is 0 Å². The second-order valence-corrected chi connectivity index (χ2v) is 8.05. The zero-order valence-corrected chi connectivity index (χ0v) is 17.9. The summed E-state index contributed by atoms with van der Waals surface area (Å²) < 4.78 is 4.55. The zero-order valence-electron chi connectivity index (χ0n) is 17.9. The fraction of sp³-hybridized carbons (Fsp3) is 0.739. The predicted octanol–water partition coefficient (Wildman–Crippen LogP) is 4.75. The van der Waals surface area contributed by atoms with E-state index in [0.717, 1.165) is 24.2 Å². The molecule has 5 atom stereocenters. The first-order chi connectivity index (χ1) is 13.3. The number of ether oxygens (including phenoxy) is 1. The lowest BCUT2D eigenvalue weighted by atomic mass is 9.69. The maximum atomic E-state index is 10.3. The molecule has 3 aliphatic rings. The molecule has 0 bridgehead atoms. The smallest absolute Gasteiger partial charge is 0.308 e. The van der Waals surface area contributed by atoms with Gasteiger partial charge >= 0.3 is 11.9 Å². The minimum atomic E-state index is -0.706. The molecule has 0 saturated carbocycles. The number of carbonyl (C=O) groups is 2. The van der Waals surface area contributed by atoms with Gasteiger partial charge in [0.15, 0.2) is 0 Å². The van der Waals surface area contributed by atoms with Gasteiger partial charge in [-0.3, -0.25) is 9.59 Å². The summed E-state index contributed by atoms with van der Waals surface area (Å²) in [6.07, 6.45) is 13.7. The highest BCUT2D eigenvalue weighted by Gasteiger charge is 2.30. The number of aliphatic hydroxyl groups is 1. The van der Waals surface area contributed by atoms with E-state index in [2.05, 4.69) is 36.8 Å². The Morgan fingerprint density at radius 3 is 2.50 bits per heavy atom. The van der Waals surface area contributed by atoms with Gasteiger partial charge in [-0.05, 0) is 49.0 Å². The molecule has 0 spiro atoms. The number of carbonyl (C=O) groups excluding carboxylic acids is 1. The molecule has 160 valence electrons. The fourth-order valence-electron chi connectivity index (χ4n) is 3.84. The minimum absolute atomic E-state index is 0.167. The van der Waals surface area contributed by atoms with E-state index in [4.69, 9.17) is 10.2 Å². The Labute approximate surface area is 169 Å². The van der Waals surface area contributed by atoms with Crippen molar-refractivity contribution in [2.45, 2.75) is 78.7 Å². The van der Waals surface area contributed by atoms with E-state index in [-0.39, 0.29) is 18.3 Å². The number of hydrogen-bond acceptors (Lipinski definition) is 4. The summed E-state index contributed by atoms with van der Waals surface area (Å²) in [6, 6.07) is 0. The van der Waals surface area contributed by atoms with Crippen molar-refractivity contribution in [2.24, 2.45) is 23.7 Å². The van der Waals surface area contributed by atoms with Crippen LogP contribution in [0.1, 0.15) is 72.6 Å². The molecule has 0 radical (unpaired) electrons. The predicted molar refractivity (Wildman–Crippen MR) is 111 cm³/mol. The lowest BCUT2D eigenvalue weighted by Crippen LogP contribution is -2.26. The van der Waals surface area contributed by atoms with Gasteiger partial charge in [-0.2, -0.15) is 0 Å². The number of rotatable bonds is 3. The van der Waals surface area contributed by atoms with Crippen LogP contribution in [-0.4, -0.2) is 34.9 Å². The first kappa shape index (κ1) is 24.4. The van der Waals surface area contributed by atoms with Gasteiger partial charge in [-0.25, -0.2) is 0 Å². The highest BCUT2D eigenvalue weighted by molar-refractivity contribution is 5.70. The Hall–Kier alpha value is -1.62. The molecule has 5 nitrogen and oxygen atoms in total. The monoisotopic (exact) mass is 394 g/mol. The third-order valence-corrected chi connectivity index (χ3v) is 5.93. The molecule has 1 fully saturated rings. The topological polar surface area (TPSA) is 83.8 Å². The number of carboxylic acids is 1. The van der Waals surface area contributed by atoms with Crippen LogP contribution in [0.3, 0.4) is 0 Å². The van der Waals surface area contributed by atoms with Crippen LogP contribution in [0.5, 0.6) is 0 Å². The quantitative estimate of drug-likeness (QED) is 0.675. The summed E-state index contributed by atoms with van der Waals surface area (Å²) in [5.74, 6) is 1.42. The van der Waals surface area contributed by atoms with E-state index in [1.54, 1.807) is 12.5 Å². The molecule has 1 aliphatic heterocycles. The average molecular weight is 395 g/mol. The highest BCUT2D eigenvalue weighted by Crippen LogP contribution is 2.41. The summed E-state index contributed by atoms with van der Waals surface area (Å²) in [5.41, 5.74) is 1.64. The molecule has 5 heteroatoms. The Morgan fingerprint density at radius 2 is 2.04 bits per heavy atom. The molecule has 0 aromatic carbocycles. The second kappa shape index (κ2) is 12.8. The van der Waals surface area contributed by atoms with Gasteiger partial charge in [0.25, 0.3) is 0 Å². The van der Waals surface area contributed by atoms with E-state index < -0.39 is 12.1 Å². The lowest BCUT2D eigenvalue weighted by Gasteiger charge is -2.36. The number of allylic oxidation sites excluding steroid dienone is 4. The second-order valence-electron chi connectivity index (χ2n) is 8.05. The third-order valence-electron chi connectivity index (χ3n) is 5.93. The zero-order chi connectivity index (χ0) is 21.1. The van der Waals surface area contributed by atoms with Gasteiger partial charge in [0.05, 0.1) is 25.0 Å². The molecular formula is C23H38O5. The number of cyclic esters (lactones) is 1. The molecule has 0 aromatic heterocycles. The molecule has 1 saturated heterocycles. The summed E-state index contributed by atoms with van der Waals surface area (Å²) in [6.45, 7) is 8.64. The number of fused-ring (bicyclic) bond motifs is 1. The fourth-order valence-corrected chi connectivity index (χ4v) is 3.84. The van der Waals surface area contributed by atoms with E-state index in [9.17, 15) is 9.59 Å². The Bertz CT molecular complexity index is 551. The summed E-state index contributed by atoms with van der Waals surface area (Å²) in [5, 5.41) is 17.0. The van der Waals surface area contributed by atoms with Gasteiger partial charge in [0.1, 0.15) is 0 Å². The molecule has 5 unspecified atom stereocenters. The van der Waals surface area contributed by atoms with Crippen LogP contribution in [0.15, 0.2) is 23.8 Å². The van der Waals surface area contributed by atoms with Crippen molar-refractivity contribution >= 4 is 11.9 Å². The Morgan fingerprint density at radius 1 is 1.32 bits per heavy atom. The molecule has 2 N–H and O–H groups in total. The van der Waals surface area contributed by atoms with Crippen LogP contribution in [0.2, 0.25) is 0 Å². The molecule has 0 aromatic rings. The normalized spacial score (nSPS) is 29.6. The van der Waals surface area contributed by atoms with E-state index in [1.165, 1.54) is 25.7 Å². The maximum absolute atomic E-state index is 10.3. The van der Waals surface area contributed by atoms with Crippen LogP contribution < -0.4 is 0 Å². The van der Waals surface area contributed by atoms with Crippen molar-refractivity contribution in [3.8, 4) is 0 Å². The van der Waals surface area contributed by atoms with Crippen molar-refractivity contribution in [1.82, 2.24) is 0 Å². The first-order valence-electron chi connectivity index (χ1n) is 10.7. The van der Waals surface area contributed by atoms with Crippen molar-refractivity contribution in [3.63, 3.8) is 0 Å². The third kappa shape index (κ3) is 8.17. The average Bonchev–Trinajstić information content (AvgIpc) is 2.68. The van der Waals surface area contributed by atoms with Crippen molar-refractivity contribution in [2.75, 3.05) is 6.61 Å². The van der Waals surface area contributed by atoms with Gasteiger partial charge < -0.3 is 14.9 Å². The van der Waals surface area contributed by atoms with Crippen LogP contribution in [0, 0.1) is 23.7 Å². The first-order valence-corrected chi connectivity index (χ1v) is 10.7. The molecule has 0 amide bonds. The largest absolute Gasteiger partial charge is 0.481 e. The molecule has 28 heavy (non-hydrogen) atoms. The summed E-state index contributed by atoms with van der Waals surface area (Å²) in [4.78, 5) is 20.2. The SMILES string of the molecule is CCC(C)C(=O)O.CCC1C(C)C=CC2=CCCCC21.O=C1CC(O)CCO1. The summed E-state index contributed by atoms with van der Waals surface area (Å²) >= 11 is 0. The highest BCUT2D eigenvalue weighted by atomic mass is 16.5. The molecule has 2 aliphatic carbocycles. The van der Waals surface area contributed by atoms with Crippen LogP contribution in [0.4, 0.5) is 0 Å². The number of hydrogen-bond donors (Lipinski definition) is 2. The summed E-state index contributed by atoms with van der Waals surface area (Å²) in [7, 11) is 0. The van der Waals surface area contributed by atoms with Gasteiger partial charge in [0, 0.05) is 6.42 Å². The molecule has 1 heterocycles.